The van der Waals surface area contributed by atoms with E-state index in [-0.39, 0.29) is 5.97 Å². The number of aldehydes is 1. The summed E-state index contributed by atoms with van der Waals surface area (Å²) in [7, 11) is 3.80. The van der Waals surface area contributed by atoms with Gasteiger partial charge in [-0.1, -0.05) is 0 Å². The molecule has 222 valence electrons. The number of carbonyl (C=O) groups is 2. The highest BCUT2D eigenvalue weighted by molar-refractivity contribution is 5.92. The third kappa shape index (κ3) is 11.4. The lowest BCUT2D eigenvalue weighted by Crippen LogP contribution is -2.47. The average molecular weight is 559 g/mol. The van der Waals surface area contributed by atoms with E-state index in [0.717, 1.165) is 76.5 Å². The van der Waals surface area contributed by atoms with Crippen molar-refractivity contribution in [3.63, 3.8) is 0 Å². The Bertz CT molecular complexity index is 1040. The van der Waals surface area contributed by atoms with Crippen molar-refractivity contribution in [2.75, 3.05) is 89.0 Å². The molecule has 4 rings (SSSR count). The number of piperazine rings is 1. The molecule has 0 aromatic heterocycles. The zero-order valence-corrected chi connectivity index (χ0v) is 24.3. The van der Waals surface area contributed by atoms with E-state index in [4.69, 9.17) is 20.9 Å². The Morgan fingerprint density at radius 2 is 1.62 bits per heavy atom. The Kier molecular flexibility index (Phi) is 14.8. The molecule has 11 heteroatoms. The van der Waals surface area contributed by atoms with Crippen molar-refractivity contribution in [2.24, 2.45) is 0 Å². The van der Waals surface area contributed by atoms with Crippen molar-refractivity contribution in [2.45, 2.75) is 32.7 Å². The second kappa shape index (κ2) is 18.1. The fourth-order valence-corrected chi connectivity index (χ4v) is 3.94. The van der Waals surface area contributed by atoms with Crippen molar-refractivity contribution >= 4 is 35.0 Å². The number of methoxy groups -OCH3 is 1. The molecule has 2 saturated heterocycles. The van der Waals surface area contributed by atoms with Crippen molar-refractivity contribution in [1.82, 2.24) is 9.91 Å². The van der Waals surface area contributed by atoms with E-state index in [1.807, 2.05) is 19.1 Å². The maximum absolute atomic E-state index is 11.6. The maximum Gasteiger partial charge on any atom is 0.338 e. The van der Waals surface area contributed by atoms with Gasteiger partial charge in [0.25, 0.3) is 0 Å². The highest BCUT2D eigenvalue weighted by Gasteiger charge is 2.16. The Labute approximate surface area is 238 Å². The van der Waals surface area contributed by atoms with Crippen LogP contribution in [0, 0.1) is 0 Å². The van der Waals surface area contributed by atoms with Gasteiger partial charge in [0.15, 0.2) is 0 Å². The number of rotatable bonds is 8. The number of esters is 1. The molecule has 6 N–H and O–H groups in total. The van der Waals surface area contributed by atoms with Crippen LogP contribution in [0.3, 0.4) is 0 Å². The fraction of sp³-hybridized carbons (Fsp3) is 0.517. The molecule has 0 unspecified atom stereocenters. The van der Waals surface area contributed by atoms with Gasteiger partial charge in [0.1, 0.15) is 6.29 Å². The van der Waals surface area contributed by atoms with E-state index >= 15 is 0 Å². The highest BCUT2D eigenvalue weighted by atomic mass is 16.5. The summed E-state index contributed by atoms with van der Waals surface area (Å²) in [5, 5.41) is 5.54. The summed E-state index contributed by atoms with van der Waals surface area (Å²) in [6, 6.07) is 10.9. The number of nitrogens with two attached hydrogens (primary N) is 2. The molecule has 2 fully saturated rings. The molecule has 2 aromatic carbocycles. The minimum absolute atomic E-state index is 0.341. The molecular formula is C29H46N6O5. The average Bonchev–Trinajstić information content (AvgIpc) is 2.97. The van der Waals surface area contributed by atoms with Crippen molar-refractivity contribution in [1.29, 1.82) is 0 Å². The van der Waals surface area contributed by atoms with Crippen LogP contribution in [0.5, 0.6) is 0 Å². The molecule has 0 radical (unpaired) electrons. The van der Waals surface area contributed by atoms with Gasteiger partial charge < -0.3 is 41.3 Å². The maximum atomic E-state index is 11.6. The molecule has 40 heavy (non-hydrogen) atoms. The number of benzene rings is 2. The summed E-state index contributed by atoms with van der Waals surface area (Å²) < 4.78 is 14.8. The zero-order valence-electron chi connectivity index (χ0n) is 24.3. The van der Waals surface area contributed by atoms with E-state index in [1.54, 1.807) is 38.3 Å². The minimum atomic E-state index is -0.341. The zero-order chi connectivity index (χ0) is 29.3. The summed E-state index contributed by atoms with van der Waals surface area (Å²) in [5.74, 6) is -0.341. The third-order valence-electron chi connectivity index (χ3n) is 6.43. The van der Waals surface area contributed by atoms with E-state index in [9.17, 15) is 9.59 Å². The number of likely N-dealkylation sites (N-methyl/N-ethyl adjacent to an activating group) is 1. The molecule has 11 nitrogen and oxygen atoms in total. The second-order valence-corrected chi connectivity index (χ2v) is 9.50. The number of nitrogen functional groups attached to an aromatic ring is 2. The molecule has 0 bridgehead atoms. The van der Waals surface area contributed by atoms with E-state index < -0.39 is 0 Å². The van der Waals surface area contributed by atoms with Crippen LogP contribution >= 0.6 is 0 Å². The van der Waals surface area contributed by atoms with Gasteiger partial charge in [0, 0.05) is 64.7 Å². The van der Waals surface area contributed by atoms with E-state index in [2.05, 4.69) is 32.4 Å². The van der Waals surface area contributed by atoms with Crippen molar-refractivity contribution < 1.29 is 23.8 Å². The monoisotopic (exact) mass is 558 g/mol. The Hall–Kier alpha value is -3.38. The number of hydrogen-bond donors (Lipinski definition) is 4. The van der Waals surface area contributed by atoms with Crippen LogP contribution in [-0.4, -0.2) is 95.0 Å². The van der Waals surface area contributed by atoms with Gasteiger partial charge in [-0.05, 0) is 70.1 Å². The molecule has 2 heterocycles. The fourth-order valence-electron chi connectivity index (χ4n) is 3.94. The minimum Gasteiger partial charge on any atom is -0.462 e. The number of nitrogens with one attached hydrogen (secondary N) is 2. The van der Waals surface area contributed by atoms with Gasteiger partial charge in [-0.25, -0.2) is 9.80 Å². The molecular weight excluding hydrogens is 512 g/mol. The number of anilines is 4. The van der Waals surface area contributed by atoms with Crippen LogP contribution in [0.15, 0.2) is 36.4 Å². The van der Waals surface area contributed by atoms with E-state index in [0.29, 0.717) is 35.2 Å². The van der Waals surface area contributed by atoms with Crippen molar-refractivity contribution in [3.8, 4) is 0 Å². The predicted molar refractivity (Wildman–Crippen MR) is 161 cm³/mol. The normalized spacial score (nSPS) is 16.0. The molecule has 2 aliphatic rings. The van der Waals surface area contributed by atoms with Gasteiger partial charge in [-0.3, -0.25) is 4.79 Å². The standard InChI is InChI=1S/C14H20N2O3.C12H18N4O.C3H8O/c1-2-19-14(17)10-3-4-13(12(15)9-10)16-11-5-7-18-8-6-11;1-15-4-6-16(7-5-15)14-12-3-2-10(9-17)8-11(12)13;1-3-4-2/h3-4,9,11,16H,2,5-8,15H2,1H3;2-3,8-9,14H,4-7,13H2,1H3;3H2,1-2H3. The van der Waals surface area contributed by atoms with Crippen molar-refractivity contribution in [3.05, 3.63) is 47.5 Å². The first kappa shape index (κ1) is 32.8. The molecule has 2 aromatic rings. The quantitative estimate of drug-likeness (QED) is 0.215. The Morgan fingerprint density at radius 1 is 1.00 bits per heavy atom. The first-order chi connectivity index (χ1) is 19.3. The topological polar surface area (TPSA) is 144 Å². The van der Waals surface area contributed by atoms with Crippen LogP contribution in [0.1, 0.15) is 47.4 Å². The molecule has 0 saturated carbocycles. The second-order valence-electron chi connectivity index (χ2n) is 9.50. The van der Waals surface area contributed by atoms with Crippen LogP contribution in [0.25, 0.3) is 0 Å². The van der Waals surface area contributed by atoms with Gasteiger partial charge in [-0.15, -0.1) is 0 Å². The lowest BCUT2D eigenvalue weighted by Gasteiger charge is -2.33. The number of nitrogens with zero attached hydrogens (tertiary/aromatic N) is 2. The highest BCUT2D eigenvalue weighted by Crippen LogP contribution is 2.23. The predicted octanol–water partition coefficient (Wildman–Crippen LogP) is 3.34. The molecule has 0 aliphatic carbocycles. The summed E-state index contributed by atoms with van der Waals surface area (Å²) in [6.45, 7) is 10.5. The van der Waals surface area contributed by atoms with Crippen LogP contribution in [0.4, 0.5) is 22.7 Å². The largest absolute Gasteiger partial charge is 0.462 e. The summed E-state index contributed by atoms with van der Waals surface area (Å²) >= 11 is 0. The molecule has 2 aliphatic heterocycles. The third-order valence-corrected chi connectivity index (χ3v) is 6.43. The summed E-state index contributed by atoms with van der Waals surface area (Å²) in [4.78, 5) is 24.5. The lowest BCUT2D eigenvalue weighted by molar-refractivity contribution is 0.0526. The summed E-state index contributed by atoms with van der Waals surface area (Å²) in [5.41, 5.74) is 19.1. The molecule has 0 amide bonds. The van der Waals surface area contributed by atoms with Crippen LogP contribution in [-0.2, 0) is 14.2 Å². The first-order valence-corrected chi connectivity index (χ1v) is 13.8. The molecule has 0 atom stereocenters. The van der Waals surface area contributed by atoms with Crippen LogP contribution < -0.4 is 22.2 Å². The smallest absolute Gasteiger partial charge is 0.338 e. The van der Waals surface area contributed by atoms with Crippen LogP contribution in [0.2, 0.25) is 0 Å². The number of hydrogen-bond acceptors (Lipinski definition) is 11. The Balaban J connectivity index is 0.000000249. The summed E-state index contributed by atoms with van der Waals surface area (Å²) in [6.07, 6.45) is 2.74. The Morgan fingerprint density at radius 3 is 2.17 bits per heavy atom. The SMILES string of the molecule is CCOC.CCOC(=O)c1ccc(NC2CCOCC2)c(N)c1.CN1CCN(Nc2ccc(C=O)cc2N)CC1. The van der Waals surface area contributed by atoms with E-state index in [1.165, 1.54) is 0 Å². The van der Waals surface area contributed by atoms with Gasteiger partial charge in [0.2, 0.25) is 0 Å². The van der Waals surface area contributed by atoms with Gasteiger partial charge in [0.05, 0.1) is 34.9 Å². The number of ether oxygens (including phenoxy) is 3. The molecule has 0 spiro atoms. The van der Waals surface area contributed by atoms with Gasteiger partial charge >= 0.3 is 5.97 Å². The van der Waals surface area contributed by atoms with Gasteiger partial charge in [-0.2, -0.15) is 0 Å². The number of carbonyl (C=O) groups excluding carboxylic acids is 2. The lowest BCUT2D eigenvalue weighted by atomic mass is 10.1. The number of hydrazine groups is 1. The first-order valence-electron chi connectivity index (χ1n) is 13.8.